The van der Waals surface area contributed by atoms with Gasteiger partial charge in [0.2, 0.25) is 0 Å². The lowest BCUT2D eigenvalue weighted by atomic mass is 10.2. The van der Waals surface area contributed by atoms with Crippen LogP contribution in [0.3, 0.4) is 0 Å². The molecular weight excluding hydrogens is 230 g/mol. The summed E-state index contributed by atoms with van der Waals surface area (Å²) in [6.45, 7) is 4.94. The molecule has 1 saturated heterocycles. The van der Waals surface area contributed by atoms with Gasteiger partial charge in [-0.3, -0.25) is 4.90 Å². The lowest BCUT2D eigenvalue weighted by Gasteiger charge is -2.20. The monoisotopic (exact) mass is 249 g/mol. The highest BCUT2D eigenvalue weighted by Crippen LogP contribution is 2.30. The second kappa shape index (κ2) is 5.27. The normalized spacial score (nSPS) is 19.2. The summed E-state index contributed by atoms with van der Waals surface area (Å²) in [4.78, 5) is 13.6. The maximum absolute atomic E-state index is 11.9. The lowest BCUT2D eigenvalue weighted by Crippen LogP contribution is -2.33. The molecule has 0 spiro atoms. The van der Waals surface area contributed by atoms with Crippen molar-refractivity contribution in [3.8, 4) is 5.75 Å². The number of hydrogen-bond acceptors (Lipinski definition) is 3. The van der Waals surface area contributed by atoms with E-state index in [1.54, 1.807) is 4.90 Å². The Morgan fingerprint density at radius 3 is 2.83 bits per heavy atom. The van der Waals surface area contributed by atoms with E-state index in [2.05, 4.69) is 5.32 Å². The third-order valence-electron chi connectivity index (χ3n) is 2.78. The summed E-state index contributed by atoms with van der Waals surface area (Å²) < 4.78 is 5.72. The first-order valence-electron chi connectivity index (χ1n) is 6.15. The fourth-order valence-corrected chi connectivity index (χ4v) is 1.98. The van der Waals surface area contributed by atoms with E-state index >= 15 is 0 Å². The Morgan fingerprint density at radius 2 is 2.22 bits per heavy atom. The minimum absolute atomic E-state index is 0.00426. The van der Waals surface area contributed by atoms with Gasteiger partial charge in [0, 0.05) is 13.1 Å². The van der Waals surface area contributed by atoms with Gasteiger partial charge >= 0.3 is 6.03 Å². The van der Waals surface area contributed by atoms with Crippen molar-refractivity contribution in [1.82, 2.24) is 5.32 Å². The molecule has 0 aromatic heterocycles. The van der Waals surface area contributed by atoms with E-state index in [-0.39, 0.29) is 18.2 Å². The first kappa shape index (κ1) is 12.7. The van der Waals surface area contributed by atoms with Crippen LogP contribution in [0.25, 0.3) is 0 Å². The number of para-hydroxylation sites is 2. The van der Waals surface area contributed by atoms with E-state index in [0.29, 0.717) is 13.1 Å². The summed E-state index contributed by atoms with van der Waals surface area (Å²) in [5.41, 5.74) is 6.37. The standard InChI is InChI=1S/C13H19N3O2/c1-9(2)18-12-6-4-3-5-11(12)16-8-10(7-14)15-13(16)17/h3-6,9-10H,7-8,14H2,1-2H3,(H,15,17). The summed E-state index contributed by atoms with van der Waals surface area (Å²) >= 11 is 0. The fraction of sp³-hybridized carbons (Fsp3) is 0.462. The minimum Gasteiger partial charge on any atom is -0.489 e. The zero-order valence-electron chi connectivity index (χ0n) is 10.7. The topological polar surface area (TPSA) is 67.6 Å². The molecule has 1 aliphatic rings. The van der Waals surface area contributed by atoms with Crippen molar-refractivity contribution in [1.29, 1.82) is 0 Å². The van der Waals surface area contributed by atoms with Crippen LogP contribution in [0.2, 0.25) is 0 Å². The van der Waals surface area contributed by atoms with Crippen LogP contribution in [-0.2, 0) is 0 Å². The highest BCUT2D eigenvalue weighted by Gasteiger charge is 2.30. The molecular formula is C13H19N3O2. The third-order valence-corrected chi connectivity index (χ3v) is 2.78. The van der Waals surface area contributed by atoms with Crippen LogP contribution in [-0.4, -0.2) is 31.3 Å². The number of ether oxygens (including phenoxy) is 1. The Hall–Kier alpha value is -1.75. The van der Waals surface area contributed by atoms with Gasteiger partial charge in [-0.1, -0.05) is 12.1 Å². The van der Waals surface area contributed by atoms with Gasteiger partial charge in [-0.2, -0.15) is 0 Å². The second-order valence-electron chi connectivity index (χ2n) is 4.63. The van der Waals surface area contributed by atoms with Crippen LogP contribution >= 0.6 is 0 Å². The van der Waals surface area contributed by atoms with Gasteiger partial charge in [-0.05, 0) is 26.0 Å². The Labute approximate surface area is 107 Å². The van der Waals surface area contributed by atoms with E-state index in [1.165, 1.54) is 0 Å². The molecule has 0 saturated carbocycles. The van der Waals surface area contributed by atoms with Crippen molar-refractivity contribution in [2.45, 2.75) is 26.0 Å². The smallest absolute Gasteiger partial charge is 0.322 e. The van der Waals surface area contributed by atoms with Crippen LogP contribution < -0.4 is 20.7 Å². The summed E-state index contributed by atoms with van der Waals surface area (Å²) in [6.07, 6.45) is 0.0714. The van der Waals surface area contributed by atoms with Gasteiger partial charge in [-0.25, -0.2) is 4.79 Å². The molecule has 1 unspecified atom stereocenters. The van der Waals surface area contributed by atoms with Crippen molar-refractivity contribution in [2.24, 2.45) is 5.73 Å². The molecule has 3 N–H and O–H groups in total. The number of nitrogens with zero attached hydrogens (tertiary/aromatic N) is 1. The van der Waals surface area contributed by atoms with Crippen LogP contribution in [0, 0.1) is 0 Å². The number of hydrogen-bond donors (Lipinski definition) is 2. The predicted octanol–water partition coefficient (Wildman–Crippen LogP) is 1.33. The van der Waals surface area contributed by atoms with Gasteiger partial charge in [0.15, 0.2) is 0 Å². The zero-order chi connectivity index (χ0) is 13.1. The number of carbonyl (C=O) groups is 1. The number of nitrogens with two attached hydrogens (primary N) is 1. The van der Waals surface area contributed by atoms with E-state index < -0.39 is 0 Å². The first-order chi connectivity index (χ1) is 8.61. The molecule has 1 aromatic carbocycles. The predicted molar refractivity (Wildman–Crippen MR) is 70.9 cm³/mol. The minimum atomic E-state index is -0.120. The van der Waals surface area contributed by atoms with E-state index in [9.17, 15) is 4.79 Å². The largest absolute Gasteiger partial charge is 0.489 e. The first-order valence-corrected chi connectivity index (χ1v) is 6.15. The number of rotatable bonds is 4. The third kappa shape index (κ3) is 2.56. The Bertz CT molecular complexity index is 434. The van der Waals surface area contributed by atoms with Crippen molar-refractivity contribution in [3.63, 3.8) is 0 Å². The molecule has 1 heterocycles. The average molecular weight is 249 g/mol. The molecule has 5 nitrogen and oxygen atoms in total. The number of carbonyl (C=O) groups excluding carboxylic acids is 1. The van der Waals surface area contributed by atoms with Gasteiger partial charge in [0.25, 0.3) is 0 Å². The summed E-state index contributed by atoms with van der Waals surface area (Å²) in [5.74, 6) is 0.723. The van der Waals surface area contributed by atoms with Crippen LogP contribution in [0.5, 0.6) is 5.75 Å². The van der Waals surface area contributed by atoms with Crippen molar-refractivity contribution in [2.75, 3.05) is 18.0 Å². The molecule has 1 aromatic rings. The fourth-order valence-electron chi connectivity index (χ4n) is 1.98. The van der Waals surface area contributed by atoms with Crippen molar-refractivity contribution in [3.05, 3.63) is 24.3 Å². The van der Waals surface area contributed by atoms with Gasteiger partial charge in [-0.15, -0.1) is 0 Å². The lowest BCUT2D eigenvalue weighted by molar-refractivity contribution is 0.240. The number of benzene rings is 1. The number of amides is 2. The van der Waals surface area contributed by atoms with Gasteiger partial charge in [0.05, 0.1) is 17.8 Å². The van der Waals surface area contributed by atoms with Crippen molar-refractivity contribution >= 4 is 11.7 Å². The molecule has 0 bridgehead atoms. The Balaban J connectivity index is 2.25. The molecule has 5 heteroatoms. The zero-order valence-corrected chi connectivity index (χ0v) is 10.7. The molecule has 2 rings (SSSR count). The van der Waals surface area contributed by atoms with Crippen molar-refractivity contribution < 1.29 is 9.53 Å². The quantitative estimate of drug-likeness (QED) is 0.846. The molecule has 18 heavy (non-hydrogen) atoms. The highest BCUT2D eigenvalue weighted by molar-refractivity contribution is 5.96. The van der Waals surface area contributed by atoms with E-state index in [1.807, 2.05) is 38.1 Å². The molecule has 1 aliphatic heterocycles. The number of anilines is 1. The summed E-state index contributed by atoms with van der Waals surface area (Å²) in [7, 11) is 0. The Morgan fingerprint density at radius 1 is 1.50 bits per heavy atom. The van der Waals surface area contributed by atoms with Gasteiger partial charge < -0.3 is 15.8 Å². The SMILES string of the molecule is CC(C)Oc1ccccc1N1CC(CN)NC1=O. The Kier molecular flexibility index (Phi) is 3.72. The average Bonchev–Trinajstić information content (AvgIpc) is 2.70. The molecule has 1 atom stereocenters. The van der Waals surface area contributed by atoms with E-state index in [4.69, 9.17) is 10.5 Å². The molecule has 2 amide bonds. The molecule has 1 fully saturated rings. The highest BCUT2D eigenvalue weighted by atomic mass is 16.5. The second-order valence-corrected chi connectivity index (χ2v) is 4.63. The summed E-state index contributed by atoms with van der Waals surface area (Å²) in [6, 6.07) is 7.44. The molecule has 0 aliphatic carbocycles. The molecule has 98 valence electrons. The van der Waals surface area contributed by atoms with Crippen LogP contribution in [0.1, 0.15) is 13.8 Å². The number of urea groups is 1. The van der Waals surface area contributed by atoms with Gasteiger partial charge in [0.1, 0.15) is 5.75 Å². The summed E-state index contributed by atoms with van der Waals surface area (Å²) in [5, 5.41) is 2.84. The number of nitrogens with one attached hydrogen (secondary N) is 1. The van der Waals surface area contributed by atoms with Crippen LogP contribution in [0.15, 0.2) is 24.3 Å². The molecule has 0 radical (unpaired) electrons. The van der Waals surface area contributed by atoms with E-state index in [0.717, 1.165) is 11.4 Å². The maximum atomic E-state index is 11.9. The maximum Gasteiger partial charge on any atom is 0.322 e. The van der Waals surface area contributed by atoms with Crippen LogP contribution in [0.4, 0.5) is 10.5 Å².